The predicted octanol–water partition coefficient (Wildman–Crippen LogP) is 2.29. The Hall–Kier alpha value is -1.88. The molecule has 3 N–H and O–H groups in total. The molecular weight excluding hydrogens is 266 g/mol. The van der Waals surface area contributed by atoms with E-state index in [4.69, 9.17) is 5.73 Å². The number of amides is 3. The molecule has 1 saturated carbocycles. The van der Waals surface area contributed by atoms with Crippen molar-refractivity contribution in [2.24, 2.45) is 5.73 Å². The highest BCUT2D eigenvalue weighted by molar-refractivity contribution is 6.16. The van der Waals surface area contributed by atoms with Crippen LogP contribution in [0.25, 0.3) is 0 Å². The van der Waals surface area contributed by atoms with Crippen LogP contribution in [-0.4, -0.2) is 17.5 Å². The van der Waals surface area contributed by atoms with Crippen molar-refractivity contribution < 1.29 is 9.59 Å². The Morgan fingerprint density at radius 2 is 1.95 bits per heavy atom. The number of benzene rings is 1. The fraction of sp³-hybridized carbons (Fsp3) is 0.500. The van der Waals surface area contributed by atoms with E-state index in [1.807, 2.05) is 12.1 Å². The molecule has 1 aliphatic heterocycles. The average Bonchev–Trinajstić information content (AvgIpc) is 2.47. The molecule has 1 aromatic carbocycles. The van der Waals surface area contributed by atoms with Gasteiger partial charge in [-0.05, 0) is 30.5 Å². The molecule has 1 spiro atoms. The van der Waals surface area contributed by atoms with Gasteiger partial charge in [0.25, 0.3) is 0 Å². The van der Waals surface area contributed by atoms with E-state index in [0.717, 1.165) is 31.2 Å². The van der Waals surface area contributed by atoms with E-state index in [1.165, 1.54) is 11.3 Å². The third-order valence-electron chi connectivity index (χ3n) is 4.53. The molecule has 5 heteroatoms. The maximum Gasteiger partial charge on any atom is 0.329 e. The minimum Gasteiger partial charge on any atom is -0.331 e. The van der Waals surface area contributed by atoms with Gasteiger partial charge >= 0.3 is 6.03 Å². The SMILES string of the molecule is NCc1cccc(N2C(=O)CC3(CCCCC3)NC2=O)c1. The lowest BCUT2D eigenvalue weighted by Gasteiger charge is -2.43. The largest absolute Gasteiger partial charge is 0.331 e. The molecule has 3 rings (SSSR count). The van der Waals surface area contributed by atoms with Crippen LogP contribution in [0.5, 0.6) is 0 Å². The highest BCUT2D eigenvalue weighted by Crippen LogP contribution is 2.35. The van der Waals surface area contributed by atoms with Crippen molar-refractivity contribution in [3.05, 3.63) is 29.8 Å². The lowest BCUT2D eigenvalue weighted by atomic mass is 9.78. The number of nitrogens with two attached hydrogens (primary N) is 1. The van der Waals surface area contributed by atoms with Gasteiger partial charge in [-0.25, -0.2) is 9.69 Å². The van der Waals surface area contributed by atoms with Gasteiger partial charge in [0, 0.05) is 6.54 Å². The number of anilines is 1. The molecule has 1 aliphatic carbocycles. The molecule has 112 valence electrons. The molecule has 5 nitrogen and oxygen atoms in total. The summed E-state index contributed by atoms with van der Waals surface area (Å²) in [6.45, 7) is 0.390. The molecule has 0 atom stereocenters. The Kier molecular flexibility index (Phi) is 3.68. The standard InChI is InChI=1S/C16H21N3O2/c17-11-12-5-4-6-13(9-12)19-14(20)10-16(18-15(19)21)7-2-1-3-8-16/h4-6,9H,1-3,7-8,10-11,17H2,(H,18,21). The zero-order valence-electron chi connectivity index (χ0n) is 12.1. The van der Waals surface area contributed by atoms with Crippen LogP contribution in [0.4, 0.5) is 10.5 Å². The number of rotatable bonds is 2. The van der Waals surface area contributed by atoms with E-state index < -0.39 is 0 Å². The first-order chi connectivity index (χ1) is 10.1. The number of hydrogen-bond acceptors (Lipinski definition) is 3. The van der Waals surface area contributed by atoms with Gasteiger partial charge in [-0.3, -0.25) is 4.79 Å². The first kappa shape index (κ1) is 14.1. The molecule has 1 heterocycles. The summed E-state index contributed by atoms with van der Waals surface area (Å²) in [7, 11) is 0. The third kappa shape index (κ3) is 2.65. The number of carbonyl (C=O) groups is 2. The minimum atomic E-state index is -0.311. The molecule has 2 fully saturated rings. The Bertz CT molecular complexity index is 544. The second-order valence-corrected chi connectivity index (χ2v) is 6.05. The molecular formula is C16H21N3O2. The normalized spacial score (nSPS) is 21.5. The average molecular weight is 287 g/mol. The summed E-state index contributed by atoms with van der Waals surface area (Å²) in [6, 6.07) is 6.98. The molecule has 21 heavy (non-hydrogen) atoms. The first-order valence-electron chi connectivity index (χ1n) is 7.58. The van der Waals surface area contributed by atoms with Gasteiger partial charge in [0.1, 0.15) is 0 Å². The number of hydrogen-bond donors (Lipinski definition) is 2. The lowest BCUT2D eigenvalue weighted by Crippen LogP contribution is -2.62. The van der Waals surface area contributed by atoms with E-state index in [2.05, 4.69) is 5.32 Å². The van der Waals surface area contributed by atoms with Crippen LogP contribution in [0.2, 0.25) is 0 Å². The molecule has 1 aromatic rings. The number of carbonyl (C=O) groups excluding carboxylic acids is 2. The van der Waals surface area contributed by atoms with E-state index in [9.17, 15) is 9.59 Å². The Morgan fingerprint density at radius 1 is 1.19 bits per heavy atom. The number of imide groups is 1. The van der Waals surface area contributed by atoms with Crippen molar-refractivity contribution in [1.82, 2.24) is 5.32 Å². The van der Waals surface area contributed by atoms with Gasteiger partial charge in [0.05, 0.1) is 17.6 Å². The zero-order valence-corrected chi connectivity index (χ0v) is 12.1. The lowest BCUT2D eigenvalue weighted by molar-refractivity contribution is -0.120. The van der Waals surface area contributed by atoms with Crippen LogP contribution in [0.1, 0.15) is 44.1 Å². The van der Waals surface area contributed by atoms with Crippen molar-refractivity contribution in [1.29, 1.82) is 0 Å². The fourth-order valence-corrected chi connectivity index (χ4v) is 3.42. The highest BCUT2D eigenvalue weighted by atomic mass is 16.2. The van der Waals surface area contributed by atoms with Crippen molar-refractivity contribution in [2.45, 2.75) is 50.6 Å². The Balaban J connectivity index is 1.85. The molecule has 0 radical (unpaired) electrons. The summed E-state index contributed by atoms with van der Waals surface area (Å²) >= 11 is 0. The van der Waals surface area contributed by atoms with Crippen molar-refractivity contribution >= 4 is 17.6 Å². The maximum atomic E-state index is 12.5. The fourth-order valence-electron chi connectivity index (χ4n) is 3.42. The summed E-state index contributed by atoms with van der Waals surface area (Å²) in [5.74, 6) is -0.116. The summed E-state index contributed by atoms with van der Waals surface area (Å²) in [4.78, 5) is 26.2. The molecule has 0 unspecified atom stereocenters. The van der Waals surface area contributed by atoms with Gasteiger partial charge in [0.15, 0.2) is 0 Å². The van der Waals surface area contributed by atoms with Crippen molar-refractivity contribution in [3.8, 4) is 0 Å². The smallest absolute Gasteiger partial charge is 0.329 e. The van der Waals surface area contributed by atoms with Crippen LogP contribution in [0.15, 0.2) is 24.3 Å². The van der Waals surface area contributed by atoms with Gasteiger partial charge in [-0.15, -0.1) is 0 Å². The second kappa shape index (κ2) is 5.48. The topological polar surface area (TPSA) is 75.4 Å². The van der Waals surface area contributed by atoms with Gasteiger partial charge in [-0.2, -0.15) is 0 Å². The van der Waals surface area contributed by atoms with Crippen LogP contribution in [0.3, 0.4) is 0 Å². The Labute approximate surface area is 124 Å². The monoisotopic (exact) mass is 287 g/mol. The zero-order chi connectivity index (χ0) is 14.9. The van der Waals surface area contributed by atoms with E-state index >= 15 is 0 Å². The number of nitrogens with zero attached hydrogens (tertiary/aromatic N) is 1. The van der Waals surface area contributed by atoms with E-state index in [0.29, 0.717) is 18.7 Å². The molecule has 0 bridgehead atoms. The maximum absolute atomic E-state index is 12.5. The van der Waals surface area contributed by atoms with Crippen LogP contribution in [0, 0.1) is 0 Å². The molecule has 2 aliphatic rings. The molecule has 0 aromatic heterocycles. The second-order valence-electron chi connectivity index (χ2n) is 6.05. The van der Waals surface area contributed by atoms with Crippen molar-refractivity contribution in [2.75, 3.05) is 4.90 Å². The summed E-state index contributed by atoms with van der Waals surface area (Å²) in [6.07, 6.45) is 5.55. The summed E-state index contributed by atoms with van der Waals surface area (Å²) in [5, 5.41) is 3.08. The molecule has 1 saturated heterocycles. The van der Waals surface area contributed by atoms with Crippen LogP contribution < -0.4 is 16.0 Å². The summed E-state index contributed by atoms with van der Waals surface area (Å²) in [5.41, 5.74) is 6.83. The van der Waals surface area contributed by atoms with E-state index in [1.54, 1.807) is 12.1 Å². The number of urea groups is 1. The quantitative estimate of drug-likeness (QED) is 0.876. The first-order valence-corrected chi connectivity index (χ1v) is 7.58. The molecule has 3 amide bonds. The third-order valence-corrected chi connectivity index (χ3v) is 4.53. The van der Waals surface area contributed by atoms with Crippen molar-refractivity contribution in [3.63, 3.8) is 0 Å². The number of nitrogens with one attached hydrogen (secondary N) is 1. The summed E-state index contributed by atoms with van der Waals surface area (Å²) < 4.78 is 0. The highest BCUT2D eigenvalue weighted by Gasteiger charge is 2.43. The van der Waals surface area contributed by atoms with E-state index in [-0.39, 0.29) is 17.5 Å². The minimum absolute atomic E-state index is 0.116. The predicted molar refractivity (Wildman–Crippen MR) is 80.8 cm³/mol. The van der Waals surface area contributed by atoms with Gasteiger partial charge < -0.3 is 11.1 Å². The van der Waals surface area contributed by atoms with Gasteiger partial charge in [-0.1, -0.05) is 31.4 Å². The van der Waals surface area contributed by atoms with Gasteiger partial charge in [0.2, 0.25) is 5.91 Å². The Morgan fingerprint density at radius 3 is 2.62 bits per heavy atom. The van der Waals surface area contributed by atoms with Crippen LogP contribution in [-0.2, 0) is 11.3 Å². The van der Waals surface area contributed by atoms with Crippen LogP contribution >= 0.6 is 0 Å².